The van der Waals surface area contributed by atoms with Crippen LogP contribution in [-0.2, 0) is 11.2 Å². The maximum absolute atomic E-state index is 12.2. The number of imidazole rings is 1. The van der Waals surface area contributed by atoms with Crippen LogP contribution in [0.5, 0.6) is 0 Å². The Labute approximate surface area is 151 Å². The predicted octanol–water partition coefficient (Wildman–Crippen LogP) is 3.34. The van der Waals surface area contributed by atoms with Crippen molar-refractivity contribution in [2.45, 2.75) is 39.7 Å². The van der Waals surface area contributed by atoms with Crippen LogP contribution in [-0.4, -0.2) is 32.2 Å². The number of rotatable bonds is 6. The van der Waals surface area contributed by atoms with Gasteiger partial charge < -0.3 is 10.3 Å². The number of hydrogen-bond acceptors (Lipinski definition) is 3. The summed E-state index contributed by atoms with van der Waals surface area (Å²) < 4.78 is 1.90. The van der Waals surface area contributed by atoms with Gasteiger partial charge in [0.25, 0.3) is 0 Å². The van der Waals surface area contributed by atoms with Crippen molar-refractivity contribution in [2.24, 2.45) is 0 Å². The SMILES string of the molecule is Cc1cc(C)n([C@H](C)CC(=O)NCCc2nc3ccc(Cl)cc3[nH]2)n1. The molecule has 0 aliphatic rings. The Bertz CT molecular complexity index is 898. The van der Waals surface area contributed by atoms with Gasteiger partial charge in [0.1, 0.15) is 5.82 Å². The summed E-state index contributed by atoms with van der Waals surface area (Å²) in [6.45, 7) is 6.50. The fourth-order valence-electron chi connectivity index (χ4n) is 2.99. The topological polar surface area (TPSA) is 75.6 Å². The minimum absolute atomic E-state index is 0.0132. The quantitative estimate of drug-likeness (QED) is 0.708. The molecule has 0 aliphatic heterocycles. The Hall–Kier alpha value is -2.34. The van der Waals surface area contributed by atoms with Gasteiger partial charge >= 0.3 is 0 Å². The number of aromatic nitrogens is 4. The van der Waals surface area contributed by atoms with Crippen molar-refractivity contribution < 1.29 is 4.79 Å². The number of hydrogen-bond donors (Lipinski definition) is 2. The highest BCUT2D eigenvalue weighted by atomic mass is 35.5. The zero-order valence-corrected chi connectivity index (χ0v) is 15.4. The summed E-state index contributed by atoms with van der Waals surface area (Å²) in [5.41, 5.74) is 3.82. The van der Waals surface area contributed by atoms with E-state index in [9.17, 15) is 4.79 Å². The van der Waals surface area contributed by atoms with Crippen molar-refractivity contribution in [1.82, 2.24) is 25.1 Å². The van der Waals surface area contributed by atoms with Gasteiger partial charge in [-0.2, -0.15) is 5.10 Å². The van der Waals surface area contributed by atoms with Crippen molar-refractivity contribution >= 4 is 28.5 Å². The molecule has 25 heavy (non-hydrogen) atoms. The van der Waals surface area contributed by atoms with Crippen LogP contribution in [0.1, 0.15) is 36.6 Å². The first-order chi connectivity index (χ1) is 11.9. The van der Waals surface area contributed by atoms with Crippen molar-refractivity contribution in [3.63, 3.8) is 0 Å². The molecule has 0 bridgehead atoms. The number of aryl methyl sites for hydroxylation is 2. The van der Waals surface area contributed by atoms with Gasteiger partial charge in [0.2, 0.25) is 5.91 Å². The van der Waals surface area contributed by atoms with E-state index in [0.717, 1.165) is 28.2 Å². The van der Waals surface area contributed by atoms with Gasteiger partial charge in [-0.15, -0.1) is 0 Å². The summed E-state index contributed by atoms with van der Waals surface area (Å²) in [6.07, 6.45) is 1.05. The summed E-state index contributed by atoms with van der Waals surface area (Å²) in [5.74, 6) is 0.850. The minimum Gasteiger partial charge on any atom is -0.356 e. The lowest BCUT2D eigenvalue weighted by molar-refractivity contribution is -0.121. The van der Waals surface area contributed by atoms with Gasteiger partial charge in [0.05, 0.1) is 22.8 Å². The Balaban J connectivity index is 1.51. The third kappa shape index (κ3) is 4.20. The number of carbonyl (C=O) groups excluding carboxylic acids is 1. The average molecular weight is 360 g/mol. The van der Waals surface area contributed by atoms with Crippen molar-refractivity contribution in [1.29, 1.82) is 0 Å². The number of fused-ring (bicyclic) bond motifs is 1. The van der Waals surface area contributed by atoms with E-state index in [1.54, 1.807) is 0 Å². The van der Waals surface area contributed by atoms with Gasteiger partial charge in [-0.3, -0.25) is 9.48 Å². The highest BCUT2D eigenvalue weighted by Gasteiger charge is 2.14. The number of H-pyrrole nitrogens is 1. The molecule has 0 saturated carbocycles. The standard InChI is InChI=1S/C18H22ClN5O/c1-11-8-12(2)24(23-11)13(3)9-18(25)20-7-6-17-21-15-5-4-14(19)10-16(15)22-17/h4-5,8,10,13H,6-7,9H2,1-3H3,(H,20,25)(H,21,22)/t13-/m1/s1. The Morgan fingerprint density at radius 1 is 1.36 bits per heavy atom. The number of amides is 1. The second-order valence-electron chi connectivity index (χ2n) is 6.37. The van der Waals surface area contributed by atoms with Gasteiger partial charge in [-0.25, -0.2) is 4.98 Å². The lowest BCUT2D eigenvalue weighted by Crippen LogP contribution is -2.28. The van der Waals surface area contributed by atoms with Gasteiger partial charge in [0, 0.05) is 30.1 Å². The van der Waals surface area contributed by atoms with Gasteiger partial charge in [-0.05, 0) is 45.0 Å². The number of aromatic amines is 1. The number of carbonyl (C=O) groups is 1. The molecule has 0 saturated heterocycles. The first-order valence-corrected chi connectivity index (χ1v) is 8.74. The molecule has 1 aromatic carbocycles. The van der Waals surface area contributed by atoms with E-state index in [4.69, 9.17) is 11.6 Å². The van der Waals surface area contributed by atoms with Crippen LogP contribution in [0.15, 0.2) is 24.3 Å². The van der Waals surface area contributed by atoms with E-state index in [2.05, 4.69) is 20.4 Å². The molecular formula is C18H22ClN5O. The molecule has 6 nitrogen and oxygen atoms in total. The molecule has 2 aromatic heterocycles. The molecule has 7 heteroatoms. The fourth-order valence-corrected chi connectivity index (χ4v) is 3.16. The largest absolute Gasteiger partial charge is 0.356 e. The van der Waals surface area contributed by atoms with Crippen molar-refractivity contribution in [3.05, 3.63) is 46.5 Å². The summed E-state index contributed by atoms with van der Waals surface area (Å²) in [5, 5.41) is 8.06. The molecule has 0 fully saturated rings. The summed E-state index contributed by atoms with van der Waals surface area (Å²) in [6, 6.07) is 7.59. The van der Waals surface area contributed by atoms with Crippen LogP contribution in [0.4, 0.5) is 0 Å². The Morgan fingerprint density at radius 2 is 2.16 bits per heavy atom. The lowest BCUT2D eigenvalue weighted by Gasteiger charge is -2.14. The molecular weight excluding hydrogens is 338 g/mol. The van der Waals surface area contributed by atoms with Crippen LogP contribution in [0.25, 0.3) is 11.0 Å². The van der Waals surface area contributed by atoms with Crippen molar-refractivity contribution in [2.75, 3.05) is 6.54 Å². The van der Waals surface area contributed by atoms with Crippen LogP contribution >= 0.6 is 11.6 Å². The number of benzene rings is 1. The van der Waals surface area contributed by atoms with E-state index < -0.39 is 0 Å². The smallest absolute Gasteiger partial charge is 0.222 e. The highest BCUT2D eigenvalue weighted by Crippen LogP contribution is 2.17. The maximum Gasteiger partial charge on any atom is 0.222 e. The van der Waals surface area contributed by atoms with E-state index in [-0.39, 0.29) is 11.9 Å². The third-order valence-electron chi connectivity index (χ3n) is 4.12. The van der Waals surface area contributed by atoms with Crippen LogP contribution in [0.2, 0.25) is 5.02 Å². The molecule has 3 rings (SSSR count). The second kappa shape index (κ2) is 7.27. The second-order valence-corrected chi connectivity index (χ2v) is 6.81. The number of nitrogens with zero attached hydrogens (tertiary/aromatic N) is 3. The first-order valence-electron chi connectivity index (χ1n) is 8.36. The van der Waals surface area contributed by atoms with Crippen molar-refractivity contribution in [3.8, 4) is 0 Å². The average Bonchev–Trinajstić information content (AvgIpc) is 3.09. The molecule has 0 spiro atoms. The van der Waals surface area contributed by atoms with E-state index >= 15 is 0 Å². The van der Waals surface area contributed by atoms with E-state index in [1.165, 1.54) is 0 Å². The molecule has 0 radical (unpaired) electrons. The Morgan fingerprint density at radius 3 is 2.88 bits per heavy atom. The molecule has 1 amide bonds. The van der Waals surface area contributed by atoms with Gasteiger partial charge in [-0.1, -0.05) is 11.6 Å². The van der Waals surface area contributed by atoms with Crippen LogP contribution < -0.4 is 5.32 Å². The molecule has 1 atom stereocenters. The summed E-state index contributed by atoms with van der Waals surface area (Å²) in [4.78, 5) is 19.9. The molecule has 0 aliphatic carbocycles. The lowest BCUT2D eigenvalue weighted by atomic mass is 10.2. The molecule has 132 valence electrons. The van der Waals surface area contributed by atoms with E-state index in [1.807, 2.05) is 49.7 Å². The number of nitrogens with one attached hydrogen (secondary N) is 2. The zero-order valence-electron chi connectivity index (χ0n) is 14.6. The zero-order chi connectivity index (χ0) is 18.0. The normalized spacial score (nSPS) is 12.5. The predicted molar refractivity (Wildman–Crippen MR) is 98.8 cm³/mol. The molecule has 0 unspecified atom stereocenters. The highest BCUT2D eigenvalue weighted by molar-refractivity contribution is 6.31. The molecule has 2 heterocycles. The van der Waals surface area contributed by atoms with Crippen LogP contribution in [0.3, 0.4) is 0 Å². The summed E-state index contributed by atoms with van der Waals surface area (Å²) in [7, 11) is 0. The maximum atomic E-state index is 12.2. The van der Waals surface area contributed by atoms with E-state index in [0.29, 0.717) is 24.4 Å². The minimum atomic E-state index is 0.0132. The Kier molecular flexibility index (Phi) is 5.08. The number of halogens is 1. The molecule has 2 N–H and O–H groups in total. The third-order valence-corrected chi connectivity index (χ3v) is 4.35. The van der Waals surface area contributed by atoms with Crippen LogP contribution in [0, 0.1) is 13.8 Å². The first kappa shape index (κ1) is 17.5. The monoisotopic (exact) mass is 359 g/mol. The summed E-state index contributed by atoms with van der Waals surface area (Å²) >= 11 is 5.97. The molecule has 3 aromatic rings. The van der Waals surface area contributed by atoms with Gasteiger partial charge in [0.15, 0.2) is 0 Å². The fraction of sp³-hybridized carbons (Fsp3) is 0.389.